The lowest BCUT2D eigenvalue weighted by Crippen LogP contribution is -2.16. The maximum atomic E-state index is 6.18. The van der Waals surface area contributed by atoms with Crippen LogP contribution < -0.4 is 4.90 Å². The van der Waals surface area contributed by atoms with Crippen LogP contribution in [0.5, 0.6) is 0 Å². The summed E-state index contributed by atoms with van der Waals surface area (Å²) >= 11 is 12.1. The van der Waals surface area contributed by atoms with E-state index in [1.807, 2.05) is 31.3 Å². The number of rotatable bonds is 5. The zero-order valence-electron chi connectivity index (χ0n) is 10.5. The molecule has 0 aliphatic carbocycles. The molecular formula is C13H18Cl2N2. The molecule has 0 unspecified atom stereocenters. The third-order valence-electron chi connectivity index (χ3n) is 2.47. The Balaban J connectivity index is 2.82. The van der Waals surface area contributed by atoms with Gasteiger partial charge in [0.05, 0.1) is 17.0 Å². The highest BCUT2D eigenvalue weighted by atomic mass is 35.5. The molecule has 1 aromatic carbocycles. The number of benzene rings is 1. The maximum Gasteiger partial charge on any atom is 0.0892 e. The summed E-state index contributed by atoms with van der Waals surface area (Å²) in [6.45, 7) is 4.99. The monoisotopic (exact) mass is 272 g/mol. The van der Waals surface area contributed by atoms with Crippen molar-refractivity contribution in [3.63, 3.8) is 0 Å². The van der Waals surface area contributed by atoms with Crippen LogP contribution in [0.25, 0.3) is 0 Å². The van der Waals surface area contributed by atoms with Crippen LogP contribution in [0.15, 0.2) is 17.1 Å². The molecule has 0 heterocycles. The number of aryl methyl sites for hydroxylation is 1. The van der Waals surface area contributed by atoms with Crippen molar-refractivity contribution < 1.29 is 0 Å². The summed E-state index contributed by atoms with van der Waals surface area (Å²) in [4.78, 5) is 6.29. The van der Waals surface area contributed by atoms with Crippen LogP contribution in [-0.2, 0) is 0 Å². The van der Waals surface area contributed by atoms with Gasteiger partial charge >= 0.3 is 0 Å². The van der Waals surface area contributed by atoms with E-state index in [-0.39, 0.29) is 0 Å². The Kier molecular flexibility index (Phi) is 5.79. The number of nitrogens with zero attached hydrogens (tertiary/aromatic N) is 2. The van der Waals surface area contributed by atoms with Crippen LogP contribution in [0.2, 0.25) is 10.0 Å². The van der Waals surface area contributed by atoms with Crippen molar-refractivity contribution in [1.29, 1.82) is 0 Å². The van der Waals surface area contributed by atoms with Gasteiger partial charge in [-0.3, -0.25) is 4.99 Å². The van der Waals surface area contributed by atoms with Gasteiger partial charge in [-0.05, 0) is 31.0 Å². The lowest BCUT2D eigenvalue weighted by atomic mass is 10.2. The van der Waals surface area contributed by atoms with Crippen LogP contribution in [0.3, 0.4) is 0 Å². The first kappa shape index (κ1) is 14.3. The van der Waals surface area contributed by atoms with Gasteiger partial charge in [-0.15, -0.1) is 0 Å². The van der Waals surface area contributed by atoms with Crippen LogP contribution in [-0.4, -0.2) is 19.9 Å². The smallest absolute Gasteiger partial charge is 0.0892 e. The predicted molar refractivity (Wildman–Crippen MR) is 77.9 cm³/mol. The molecule has 0 radical (unpaired) electrons. The fraction of sp³-hybridized carbons (Fsp3) is 0.462. The van der Waals surface area contributed by atoms with Gasteiger partial charge in [0.15, 0.2) is 0 Å². The molecule has 0 aromatic heterocycles. The van der Waals surface area contributed by atoms with Gasteiger partial charge in [-0.25, -0.2) is 0 Å². The molecule has 0 saturated heterocycles. The molecule has 1 rings (SSSR count). The third-order valence-corrected chi connectivity index (χ3v) is 2.97. The van der Waals surface area contributed by atoms with Crippen LogP contribution in [0, 0.1) is 6.92 Å². The second-order valence-corrected chi connectivity index (χ2v) is 4.88. The Hall–Kier alpha value is -0.730. The minimum atomic E-state index is 0.652. The van der Waals surface area contributed by atoms with Crippen molar-refractivity contribution in [2.45, 2.75) is 26.7 Å². The lowest BCUT2D eigenvalue weighted by molar-refractivity contribution is 0.808. The Morgan fingerprint density at radius 3 is 2.65 bits per heavy atom. The van der Waals surface area contributed by atoms with Crippen molar-refractivity contribution >= 4 is 35.2 Å². The van der Waals surface area contributed by atoms with Gasteiger partial charge in [-0.2, -0.15) is 0 Å². The molecule has 0 spiro atoms. The van der Waals surface area contributed by atoms with Crippen LogP contribution in [0.4, 0.5) is 5.69 Å². The van der Waals surface area contributed by atoms with E-state index in [2.05, 4.69) is 11.9 Å². The van der Waals surface area contributed by atoms with Crippen LogP contribution in [0.1, 0.15) is 25.3 Å². The van der Waals surface area contributed by atoms with Gasteiger partial charge in [0, 0.05) is 18.6 Å². The summed E-state index contributed by atoms with van der Waals surface area (Å²) in [6.07, 6.45) is 4.08. The number of halogens is 2. The molecule has 94 valence electrons. The minimum absolute atomic E-state index is 0.652. The van der Waals surface area contributed by atoms with E-state index < -0.39 is 0 Å². The summed E-state index contributed by atoms with van der Waals surface area (Å²) < 4.78 is 0. The summed E-state index contributed by atoms with van der Waals surface area (Å²) in [5.41, 5.74) is 2.00. The minimum Gasteiger partial charge on any atom is -0.334 e. The van der Waals surface area contributed by atoms with Crippen molar-refractivity contribution in [3.8, 4) is 0 Å². The first-order chi connectivity index (χ1) is 8.06. The van der Waals surface area contributed by atoms with E-state index in [1.54, 1.807) is 6.07 Å². The van der Waals surface area contributed by atoms with Gasteiger partial charge in [0.1, 0.15) is 0 Å². The maximum absolute atomic E-state index is 6.18. The van der Waals surface area contributed by atoms with E-state index in [1.165, 1.54) is 0 Å². The first-order valence-corrected chi connectivity index (χ1v) is 6.50. The Morgan fingerprint density at radius 1 is 1.35 bits per heavy atom. The molecule has 4 heteroatoms. The quantitative estimate of drug-likeness (QED) is 0.436. The molecule has 2 nitrogen and oxygen atoms in total. The van der Waals surface area contributed by atoms with E-state index in [0.29, 0.717) is 10.0 Å². The van der Waals surface area contributed by atoms with E-state index in [0.717, 1.165) is 30.6 Å². The highest BCUT2D eigenvalue weighted by Gasteiger charge is 2.09. The highest BCUT2D eigenvalue weighted by molar-refractivity contribution is 6.36. The second-order valence-electron chi connectivity index (χ2n) is 4.04. The van der Waals surface area contributed by atoms with Crippen molar-refractivity contribution in [2.75, 3.05) is 18.5 Å². The summed E-state index contributed by atoms with van der Waals surface area (Å²) in [5.74, 6) is 0. The van der Waals surface area contributed by atoms with E-state index >= 15 is 0 Å². The average Bonchev–Trinajstić information content (AvgIpc) is 2.23. The Labute approximate surface area is 113 Å². The molecule has 0 aliphatic heterocycles. The van der Waals surface area contributed by atoms with Crippen molar-refractivity contribution in [2.24, 2.45) is 4.99 Å². The van der Waals surface area contributed by atoms with Crippen LogP contribution >= 0.6 is 23.2 Å². The van der Waals surface area contributed by atoms with Crippen molar-refractivity contribution in [1.82, 2.24) is 0 Å². The molecular weight excluding hydrogens is 255 g/mol. The Bertz CT molecular complexity index is 379. The molecule has 0 bridgehead atoms. The number of hydrogen-bond acceptors (Lipinski definition) is 1. The summed E-state index contributed by atoms with van der Waals surface area (Å²) in [5, 5.41) is 1.31. The molecule has 0 saturated carbocycles. The van der Waals surface area contributed by atoms with E-state index in [4.69, 9.17) is 23.2 Å². The number of aliphatic imine (C=N–C) groups is 1. The second kappa shape index (κ2) is 6.87. The first-order valence-electron chi connectivity index (χ1n) is 5.74. The number of anilines is 1. The topological polar surface area (TPSA) is 15.6 Å². The average molecular weight is 273 g/mol. The SMILES string of the molecule is CCCCN=CN(C)c1c(C)cc(Cl)cc1Cl. The fourth-order valence-electron chi connectivity index (χ4n) is 1.63. The van der Waals surface area contributed by atoms with Gasteiger partial charge in [-0.1, -0.05) is 36.5 Å². The fourth-order valence-corrected chi connectivity index (χ4v) is 2.36. The zero-order valence-corrected chi connectivity index (χ0v) is 12.0. The molecule has 1 aromatic rings. The summed E-state index contributed by atoms with van der Waals surface area (Å²) in [7, 11) is 1.94. The van der Waals surface area contributed by atoms with E-state index in [9.17, 15) is 0 Å². The highest BCUT2D eigenvalue weighted by Crippen LogP contribution is 2.31. The van der Waals surface area contributed by atoms with Gasteiger partial charge in [0.25, 0.3) is 0 Å². The molecule has 0 aliphatic rings. The normalized spacial score (nSPS) is 11.1. The molecule has 0 N–H and O–H groups in total. The Morgan fingerprint density at radius 2 is 2.06 bits per heavy atom. The predicted octanol–water partition coefficient (Wildman–Crippen LogP) is 4.57. The molecule has 17 heavy (non-hydrogen) atoms. The molecule has 0 amide bonds. The number of unbranched alkanes of at least 4 members (excludes halogenated alkanes) is 1. The van der Waals surface area contributed by atoms with Gasteiger partial charge < -0.3 is 4.90 Å². The largest absolute Gasteiger partial charge is 0.334 e. The standard InChI is InChI=1S/C13H18Cl2N2/c1-4-5-6-16-9-17(3)13-10(2)7-11(14)8-12(13)15/h7-9H,4-6H2,1-3H3. The van der Waals surface area contributed by atoms with Gasteiger partial charge in [0.2, 0.25) is 0 Å². The summed E-state index contributed by atoms with van der Waals surface area (Å²) in [6, 6.07) is 3.65. The number of hydrogen-bond donors (Lipinski definition) is 0. The lowest BCUT2D eigenvalue weighted by Gasteiger charge is -2.18. The third kappa shape index (κ3) is 4.21. The molecule has 0 atom stereocenters. The molecule has 0 fully saturated rings. The zero-order chi connectivity index (χ0) is 12.8. The van der Waals surface area contributed by atoms with Crippen molar-refractivity contribution in [3.05, 3.63) is 27.7 Å².